The van der Waals surface area contributed by atoms with E-state index in [1.165, 1.54) is 0 Å². The lowest BCUT2D eigenvalue weighted by atomic mass is 9.97. The summed E-state index contributed by atoms with van der Waals surface area (Å²) in [6.07, 6.45) is 1.90. The van der Waals surface area contributed by atoms with Crippen LogP contribution in [0.5, 0.6) is 5.75 Å². The smallest absolute Gasteiger partial charge is 0.220 e. The van der Waals surface area contributed by atoms with Gasteiger partial charge in [-0.15, -0.1) is 0 Å². The van der Waals surface area contributed by atoms with Crippen LogP contribution in [0.1, 0.15) is 38.7 Å². The summed E-state index contributed by atoms with van der Waals surface area (Å²) in [5.74, 6) is 0.121. The van der Waals surface area contributed by atoms with Crippen LogP contribution in [0.25, 0.3) is 0 Å². The molecule has 0 saturated carbocycles. The number of benzene rings is 1. The van der Waals surface area contributed by atoms with Gasteiger partial charge in [-0.3, -0.25) is 9.59 Å². The van der Waals surface area contributed by atoms with Gasteiger partial charge in [0.05, 0.1) is 0 Å². The van der Waals surface area contributed by atoms with Gasteiger partial charge in [-0.05, 0) is 44.4 Å². The molecule has 5 heteroatoms. The Kier molecular flexibility index (Phi) is 6.21. The average molecular weight is 292 g/mol. The molecule has 0 aromatic heterocycles. The van der Waals surface area contributed by atoms with Crippen LogP contribution in [0, 0.1) is 0 Å². The van der Waals surface area contributed by atoms with Crippen LogP contribution in [0.4, 0.5) is 0 Å². The van der Waals surface area contributed by atoms with Gasteiger partial charge >= 0.3 is 0 Å². The van der Waals surface area contributed by atoms with E-state index in [-0.39, 0.29) is 17.6 Å². The molecule has 21 heavy (non-hydrogen) atoms. The number of phenols is 1. The molecule has 0 aliphatic heterocycles. The SMILES string of the molecule is CNC(=O)CCC(C)(C)NC(=O)CCc1cccc(O)c1. The van der Waals surface area contributed by atoms with Gasteiger partial charge in [-0.2, -0.15) is 0 Å². The molecule has 0 spiro atoms. The summed E-state index contributed by atoms with van der Waals surface area (Å²) in [5.41, 5.74) is 0.510. The van der Waals surface area contributed by atoms with Crippen LogP contribution in [-0.4, -0.2) is 29.5 Å². The van der Waals surface area contributed by atoms with Crippen LogP contribution in [0.3, 0.4) is 0 Å². The topological polar surface area (TPSA) is 78.4 Å². The second-order valence-electron chi connectivity index (χ2n) is 5.78. The fourth-order valence-electron chi connectivity index (χ4n) is 2.02. The molecule has 0 aliphatic carbocycles. The Morgan fingerprint density at radius 2 is 1.90 bits per heavy atom. The van der Waals surface area contributed by atoms with Gasteiger partial charge < -0.3 is 15.7 Å². The molecule has 2 amide bonds. The number of hydrogen-bond acceptors (Lipinski definition) is 3. The molecule has 0 fully saturated rings. The van der Waals surface area contributed by atoms with E-state index in [1.54, 1.807) is 25.2 Å². The molecular formula is C16H24N2O3. The van der Waals surface area contributed by atoms with Crippen molar-refractivity contribution in [1.82, 2.24) is 10.6 Å². The molecule has 116 valence electrons. The van der Waals surface area contributed by atoms with Crippen molar-refractivity contribution >= 4 is 11.8 Å². The van der Waals surface area contributed by atoms with Crippen molar-refractivity contribution in [2.24, 2.45) is 0 Å². The summed E-state index contributed by atoms with van der Waals surface area (Å²) in [7, 11) is 1.60. The average Bonchev–Trinajstić information content (AvgIpc) is 2.42. The largest absolute Gasteiger partial charge is 0.508 e. The lowest BCUT2D eigenvalue weighted by Crippen LogP contribution is -2.44. The summed E-state index contributed by atoms with van der Waals surface area (Å²) in [4.78, 5) is 23.2. The summed E-state index contributed by atoms with van der Waals surface area (Å²) >= 11 is 0. The molecule has 0 bridgehead atoms. The summed E-state index contributed by atoms with van der Waals surface area (Å²) in [5, 5.41) is 14.9. The summed E-state index contributed by atoms with van der Waals surface area (Å²) in [6.45, 7) is 3.81. The van der Waals surface area contributed by atoms with Crippen LogP contribution >= 0.6 is 0 Å². The second-order valence-corrected chi connectivity index (χ2v) is 5.78. The summed E-state index contributed by atoms with van der Waals surface area (Å²) < 4.78 is 0. The first-order valence-electron chi connectivity index (χ1n) is 7.12. The third-order valence-electron chi connectivity index (χ3n) is 3.29. The molecule has 0 heterocycles. The zero-order valence-electron chi connectivity index (χ0n) is 12.9. The van der Waals surface area contributed by atoms with Crippen molar-refractivity contribution in [3.8, 4) is 5.75 Å². The monoisotopic (exact) mass is 292 g/mol. The zero-order chi connectivity index (χ0) is 15.9. The Morgan fingerprint density at radius 3 is 2.52 bits per heavy atom. The Bertz CT molecular complexity index is 498. The molecule has 3 N–H and O–H groups in total. The number of carbonyl (C=O) groups is 2. The number of rotatable bonds is 7. The number of carbonyl (C=O) groups excluding carboxylic acids is 2. The van der Waals surface area contributed by atoms with Crippen LogP contribution in [0.15, 0.2) is 24.3 Å². The number of hydrogen-bond donors (Lipinski definition) is 3. The van der Waals surface area contributed by atoms with E-state index in [1.807, 2.05) is 19.9 Å². The van der Waals surface area contributed by atoms with Gasteiger partial charge in [0.25, 0.3) is 0 Å². The van der Waals surface area contributed by atoms with E-state index in [4.69, 9.17) is 0 Å². The Balaban J connectivity index is 2.40. The lowest BCUT2D eigenvalue weighted by molar-refractivity contribution is -0.124. The zero-order valence-corrected chi connectivity index (χ0v) is 12.9. The minimum Gasteiger partial charge on any atom is -0.508 e. The van der Waals surface area contributed by atoms with E-state index in [0.717, 1.165) is 5.56 Å². The third-order valence-corrected chi connectivity index (χ3v) is 3.29. The van der Waals surface area contributed by atoms with Gasteiger partial charge in [-0.1, -0.05) is 12.1 Å². The maximum Gasteiger partial charge on any atom is 0.220 e. The maximum absolute atomic E-state index is 12.0. The van der Waals surface area contributed by atoms with Gasteiger partial charge in [0.2, 0.25) is 11.8 Å². The highest BCUT2D eigenvalue weighted by Gasteiger charge is 2.21. The van der Waals surface area contributed by atoms with E-state index in [0.29, 0.717) is 25.7 Å². The minimum atomic E-state index is -0.414. The van der Waals surface area contributed by atoms with E-state index in [2.05, 4.69) is 10.6 Å². The molecule has 1 aromatic rings. The molecule has 0 radical (unpaired) electrons. The van der Waals surface area contributed by atoms with E-state index in [9.17, 15) is 14.7 Å². The first kappa shape index (κ1) is 17.0. The van der Waals surface area contributed by atoms with Crippen LogP contribution in [0.2, 0.25) is 0 Å². The molecule has 0 aliphatic rings. The first-order chi connectivity index (χ1) is 9.82. The van der Waals surface area contributed by atoms with Crippen molar-refractivity contribution in [3.63, 3.8) is 0 Å². The van der Waals surface area contributed by atoms with Crippen molar-refractivity contribution in [3.05, 3.63) is 29.8 Å². The number of aryl methyl sites for hydroxylation is 1. The molecule has 5 nitrogen and oxygen atoms in total. The predicted octanol–water partition coefficient (Wildman–Crippen LogP) is 1.75. The number of amides is 2. The highest BCUT2D eigenvalue weighted by atomic mass is 16.3. The lowest BCUT2D eigenvalue weighted by Gasteiger charge is -2.26. The molecule has 0 unspecified atom stereocenters. The first-order valence-corrected chi connectivity index (χ1v) is 7.12. The number of aromatic hydroxyl groups is 1. The standard InChI is InChI=1S/C16H24N2O3/c1-16(2,10-9-14(20)17-3)18-15(21)8-7-12-5-4-6-13(19)11-12/h4-6,11,19H,7-10H2,1-3H3,(H,17,20)(H,18,21). The third kappa shape index (κ3) is 6.79. The number of phenolic OH excluding ortho intramolecular Hbond substituents is 1. The second kappa shape index (κ2) is 7.67. The molecular weight excluding hydrogens is 268 g/mol. The van der Waals surface area contributed by atoms with Gasteiger partial charge in [0.15, 0.2) is 0 Å². The fourth-order valence-corrected chi connectivity index (χ4v) is 2.02. The normalized spacial score (nSPS) is 11.0. The fraction of sp³-hybridized carbons (Fsp3) is 0.500. The molecule has 1 aromatic carbocycles. The Hall–Kier alpha value is -2.04. The highest BCUT2D eigenvalue weighted by molar-refractivity contribution is 5.78. The molecule has 0 atom stereocenters. The van der Waals surface area contributed by atoms with E-state index < -0.39 is 5.54 Å². The predicted molar refractivity (Wildman–Crippen MR) is 82.0 cm³/mol. The van der Waals surface area contributed by atoms with Gasteiger partial charge in [0.1, 0.15) is 5.75 Å². The Morgan fingerprint density at radius 1 is 1.19 bits per heavy atom. The Labute approximate surface area is 125 Å². The highest BCUT2D eigenvalue weighted by Crippen LogP contribution is 2.14. The van der Waals surface area contributed by atoms with Crippen LogP contribution < -0.4 is 10.6 Å². The van der Waals surface area contributed by atoms with Crippen molar-refractivity contribution in [2.45, 2.75) is 45.1 Å². The summed E-state index contributed by atoms with van der Waals surface area (Å²) in [6, 6.07) is 6.90. The van der Waals surface area contributed by atoms with Crippen LogP contribution in [-0.2, 0) is 16.0 Å². The van der Waals surface area contributed by atoms with Gasteiger partial charge in [0, 0.05) is 25.4 Å². The van der Waals surface area contributed by atoms with Crippen molar-refractivity contribution in [2.75, 3.05) is 7.05 Å². The molecule has 0 saturated heterocycles. The molecule has 1 rings (SSSR count). The minimum absolute atomic E-state index is 0.0305. The van der Waals surface area contributed by atoms with Gasteiger partial charge in [-0.25, -0.2) is 0 Å². The van der Waals surface area contributed by atoms with Crippen molar-refractivity contribution < 1.29 is 14.7 Å². The number of nitrogens with one attached hydrogen (secondary N) is 2. The van der Waals surface area contributed by atoms with E-state index >= 15 is 0 Å². The quantitative estimate of drug-likeness (QED) is 0.716. The maximum atomic E-state index is 12.0. The van der Waals surface area contributed by atoms with Crippen molar-refractivity contribution in [1.29, 1.82) is 0 Å².